The average Bonchev–Trinajstić information content (AvgIpc) is 0. The van der Waals surface area contributed by atoms with E-state index in [1.54, 1.807) is 0 Å². The van der Waals surface area contributed by atoms with Crippen molar-refractivity contribution in [2.45, 2.75) is 0 Å². The van der Waals surface area contributed by atoms with Crippen molar-refractivity contribution in [2.24, 2.45) is 0 Å². The van der Waals surface area contributed by atoms with Crippen LogP contribution in [0.25, 0.3) is 0 Å². The van der Waals surface area contributed by atoms with Crippen LogP contribution >= 0.6 is 0 Å². The van der Waals surface area contributed by atoms with Gasteiger partial charge in [-0.25, -0.2) is 0 Å². The van der Waals surface area contributed by atoms with Crippen molar-refractivity contribution in [3.8, 4) is 0 Å². The summed E-state index contributed by atoms with van der Waals surface area (Å²) in [6.45, 7) is 0. The molecule has 1 radical (unpaired) electrons. The Kier molecular flexibility index (Phi) is 104. The monoisotopic (exact) mass is 177 g/mol. The summed E-state index contributed by atoms with van der Waals surface area (Å²) >= 11 is 0. The molecule has 0 nitrogen and oxygen atoms in total. The van der Waals surface area contributed by atoms with Crippen LogP contribution in [0, 0.1) is 0 Å². The van der Waals surface area contributed by atoms with Gasteiger partial charge in [-0.05, 0) is 0 Å². The standard InChI is InChI=1S/Ca.Cu.Na.Ti.3H/q+2;;+1;;3*-1. The molecule has 0 unspecified atom stereocenters. The zero-order valence-electron chi connectivity index (χ0n) is 5.51. The summed E-state index contributed by atoms with van der Waals surface area (Å²) in [6, 6.07) is 0. The van der Waals surface area contributed by atoms with Crippen molar-refractivity contribution in [3.63, 3.8) is 0 Å². The van der Waals surface area contributed by atoms with Gasteiger partial charge in [0.15, 0.2) is 0 Å². The van der Waals surface area contributed by atoms with E-state index in [4.69, 9.17) is 0 Å². The minimum absolute atomic E-state index is 0. The van der Waals surface area contributed by atoms with E-state index in [9.17, 15) is 0 Å². The molecule has 0 heterocycles. The summed E-state index contributed by atoms with van der Waals surface area (Å²) < 4.78 is 0. The Balaban J connectivity index is 0. The molecule has 4 heteroatoms. The summed E-state index contributed by atoms with van der Waals surface area (Å²) in [7, 11) is 0. The smallest absolute Gasteiger partial charge is 1.00 e. The Morgan fingerprint density at radius 3 is 1.25 bits per heavy atom. The van der Waals surface area contributed by atoms with Crippen molar-refractivity contribution in [1.82, 2.24) is 0 Å². The molecule has 0 amide bonds. The molecule has 0 saturated carbocycles. The molecule has 0 aromatic carbocycles. The maximum atomic E-state index is 0. The molecular weight excluding hydrogens is 174 g/mol. The minimum atomic E-state index is 0. The minimum Gasteiger partial charge on any atom is -1.00 e. The molecule has 0 rings (SSSR count). The SMILES string of the molecule is [Ca+2].[Cu].[H-].[H-].[H-].[Na+].[Ti]. The molecule has 0 spiro atoms. The fraction of sp³-hybridized carbons (Fsp3) is 0. The van der Waals surface area contributed by atoms with E-state index < -0.39 is 0 Å². The number of hydrogen-bond donors (Lipinski definition) is 0. The second-order valence-electron chi connectivity index (χ2n) is 0. The van der Waals surface area contributed by atoms with Crippen molar-refractivity contribution in [3.05, 3.63) is 0 Å². The molecule has 0 aliphatic carbocycles. The molecule has 0 fully saturated rings. The molecule has 0 aromatic heterocycles. The predicted molar refractivity (Wildman–Crippen MR) is 9.09 cm³/mol. The van der Waals surface area contributed by atoms with E-state index in [1.807, 2.05) is 0 Å². The molecule has 0 aromatic rings. The van der Waals surface area contributed by atoms with Crippen molar-refractivity contribution < 1.29 is 72.6 Å². The molecule has 0 bridgehead atoms. The number of rotatable bonds is 0. The van der Waals surface area contributed by atoms with Gasteiger partial charge in [-0.2, -0.15) is 0 Å². The first-order chi connectivity index (χ1) is 0. The Bertz CT molecular complexity index is 14.9. The van der Waals surface area contributed by atoms with Crippen LogP contribution in [-0.2, 0) is 38.8 Å². The Morgan fingerprint density at radius 1 is 1.25 bits per heavy atom. The van der Waals surface area contributed by atoms with Gasteiger partial charge in [0.25, 0.3) is 0 Å². The second kappa shape index (κ2) is 16.1. The average molecular weight is 178 g/mol. The van der Waals surface area contributed by atoms with Crippen LogP contribution in [0.1, 0.15) is 4.28 Å². The second-order valence-corrected chi connectivity index (χ2v) is 0. The Morgan fingerprint density at radius 2 is 1.25 bits per heavy atom. The molecule has 0 aliphatic rings. The summed E-state index contributed by atoms with van der Waals surface area (Å²) in [5.74, 6) is 0. The first-order valence-corrected chi connectivity index (χ1v) is 0. The summed E-state index contributed by atoms with van der Waals surface area (Å²) in [4.78, 5) is 0. The van der Waals surface area contributed by atoms with E-state index in [2.05, 4.69) is 0 Å². The maximum Gasteiger partial charge on any atom is 2.00 e. The Labute approximate surface area is 108 Å². The van der Waals surface area contributed by atoms with Crippen LogP contribution in [-0.4, -0.2) is 37.7 Å². The molecule has 21 valence electrons. The first-order valence-electron chi connectivity index (χ1n) is 0. The van der Waals surface area contributed by atoms with Crippen molar-refractivity contribution in [2.75, 3.05) is 0 Å². The quantitative estimate of drug-likeness (QED) is 0.345. The summed E-state index contributed by atoms with van der Waals surface area (Å²) in [5, 5.41) is 0. The molecule has 0 N–H and O–H groups in total. The topological polar surface area (TPSA) is 0 Å². The fourth-order valence-electron chi connectivity index (χ4n) is 0. The van der Waals surface area contributed by atoms with Crippen LogP contribution in [0.5, 0.6) is 0 Å². The predicted octanol–water partition coefficient (Wildman–Crippen LogP) is -3.04. The van der Waals surface area contributed by atoms with Crippen molar-refractivity contribution in [1.29, 1.82) is 0 Å². The van der Waals surface area contributed by atoms with E-state index in [0.717, 1.165) is 0 Å². The van der Waals surface area contributed by atoms with Gasteiger partial charge >= 0.3 is 67.3 Å². The van der Waals surface area contributed by atoms with Gasteiger partial charge in [-0.1, -0.05) is 0 Å². The van der Waals surface area contributed by atoms with Gasteiger partial charge in [0.05, 0.1) is 0 Å². The van der Waals surface area contributed by atoms with Gasteiger partial charge in [-0.15, -0.1) is 0 Å². The van der Waals surface area contributed by atoms with Gasteiger partial charge in [0.2, 0.25) is 0 Å². The third kappa shape index (κ3) is 9.09. The van der Waals surface area contributed by atoms with Gasteiger partial charge < -0.3 is 4.28 Å². The van der Waals surface area contributed by atoms with Crippen LogP contribution < -0.4 is 29.6 Å². The van der Waals surface area contributed by atoms with Crippen LogP contribution in [0.3, 0.4) is 0 Å². The normalized spacial score (nSPS) is 0. The summed E-state index contributed by atoms with van der Waals surface area (Å²) in [6.07, 6.45) is 0. The van der Waals surface area contributed by atoms with Gasteiger partial charge in [-0.3, -0.25) is 0 Å². The third-order valence-electron chi connectivity index (χ3n) is 0. The molecule has 0 atom stereocenters. The summed E-state index contributed by atoms with van der Waals surface area (Å²) in [5.41, 5.74) is 0. The molecule has 4 heavy (non-hydrogen) atoms. The zero-order valence-corrected chi connectivity index (χ0v) is 9.22. The zero-order chi connectivity index (χ0) is 0. The van der Waals surface area contributed by atoms with Crippen LogP contribution in [0.2, 0.25) is 0 Å². The number of hydrogen-bond acceptors (Lipinski definition) is 0. The van der Waals surface area contributed by atoms with E-state index in [-0.39, 0.29) is 110 Å². The molecule has 0 saturated heterocycles. The van der Waals surface area contributed by atoms with Crippen LogP contribution in [0.4, 0.5) is 0 Å². The fourth-order valence-corrected chi connectivity index (χ4v) is 0. The molecule has 0 aliphatic heterocycles. The van der Waals surface area contributed by atoms with Crippen LogP contribution in [0.15, 0.2) is 0 Å². The third-order valence-corrected chi connectivity index (χ3v) is 0. The van der Waals surface area contributed by atoms with Crippen molar-refractivity contribution >= 4 is 37.7 Å². The van der Waals surface area contributed by atoms with E-state index >= 15 is 0 Å². The van der Waals surface area contributed by atoms with E-state index in [0.29, 0.717) is 0 Å². The largest absolute Gasteiger partial charge is 2.00 e. The van der Waals surface area contributed by atoms with Gasteiger partial charge in [0, 0.05) is 38.8 Å². The first kappa shape index (κ1) is 25.9. The maximum absolute atomic E-state index is 0. The van der Waals surface area contributed by atoms with E-state index in [1.165, 1.54) is 0 Å². The Hall–Kier alpha value is 3.49. The molecular formula is H3CaCuNaTi. The van der Waals surface area contributed by atoms with Gasteiger partial charge in [0.1, 0.15) is 0 Å².